The molecule has 0 aliphatic heterocycles. The molecule has 0 radical (unpaired) electrons. The fraction of sp³-hybridized carbons (Fsp3) is 0.400. The summed E-state index contributed by atoms with van der Waals surface area (Å²) in [4.78, 5) is 21.6. The van der Waals surface area contributed by atoms with E-state index in [1.165, 1.54) is 16.6 Å². The molecular weight excluding hydrogens is 304 g/mol. The summed E-state index contributed by atoms with van der Waals surface area (Å²) in [6, 6.07) is 4.14. The fourth-order valence-corrected chi connectivity index (χ4v) is 4.04. The molecule has 0 unspecified atom stereocenters. The highest BCUT2D eigenvalue weighted by molar-refractivity contribution is 7.99. The second-order valence-corrected chi connectivity index (χ2v) is 7.22. The first-order valence-corrected chi connectivity index (χ1v) is 8.78. The van der Waals surface area contributed by atoms with Crippen LogP contribution in [0.3, 0.4) is 0 Å². The zero-order chi connectivity index (χ0) is 14.8. The Labute approximate surface area is 131 Å². The van der Waals surface area contributed by atoms with Crippen molar-refractivity contribution in [2.24, 2.45) is 0 Å². The van der Waals surface area contributed by atoms with Gasteiger partial charge >= 0.3 is 5.97 Å². The molecular formula is C15H16N2O2S2. The lowest BCUT2D eigenvalue weighted by molar-refractivity contribution is 0.0690. The minimum absolute atomic E-state index is 0.260. The lowest BCUT2D eigenvalue weighted by atomic mass is 10.2. The number of thioether (sulfide) groups is 1. The molecule has 1 fully saturated rings. The molecule has 4 nitrogen and oxygen atoms in total. The van der Waals surface area contributed by atoms with Gasteiger partial charge in [-0.05, 0) is 37.6 Å². The zero-order valence-electron chi connectivity index (χ0n) is 11.7. The van der Waals surface area contributed by atoms with Crippen molar-refractivity contribution in [2.45, 2.75) is 37.1 Å². The average Bonchev–Trinajstić information content (AvgIpc) is 3.16. The fourth-order valence-electron chi connectivity index (χ4n) is 2.15. The van der Waals surface area contributed by atoms with Gasteiger partial charge in [-0.15, -0.1) is 23.1 Å². The quantitative estimate of drug-likeness (QED) is 0.648. The molecule has 1 N–H and O–H groups in total. The standard InChI is InChI=1S/C15H16N2O2S2/c1-9-12(15(18)19)14(17-13(16-9)10-4-5-10)21-8-6-11-3-2-7-20-11/h2-3,7,10H,4-6,8H2,1H3,(H,18,19). The van der Waals surface area contributed by atoms with Gasteiger partial charge in [-0.25, -0.2) is 14.8 Å². The largest absolute Gasteiger partial charge is 0.478 e. The first-order valence-electron chi connectivity index (χ1n) is 6.92. The van der Waals surface area contributed by atoms with Crippen LogP contribution in [0, 0.1) is 6.92 Å². The van der Waals surface area contributed by atoms with Crippen LogP contribution in [0.2, 0.25) is 0 Å². The maximum absolute atomic E-state index is 11.4. The third-order valence-electron chi connectivity index (χ3n) is 3.40. The number of carbonyl (C=O) groups is 1. The smallest absolute Gasteiger partial charge is 0.340 e. The van der Waals surface area contributed by atoms with Gasteiger partial charge in [0.15, 0.2) is 0 Å². The van der Waals surface area contributed by atoms with Crippen LogP contribution in [-0.2, 0) is 6.42 Å². The first-order chi connectivity index (χ1) is 10.1. The van der Waals surface area contributed by atoms with Crippen molar-refractivity contribution in [3.05, 3.63) is 39.5 Å². The van der Waals surface area contributed by atoms with Gasteiger partial charge in [0.05, 0.1) is 5.69 Å². The van der Waals surface area contributed by atoms with Gasteiger partial charge < -0.3 is 5.11 Å². The van der Waals surface area contributed by atoms with E-state index in [0.29, 0.717) is 16.6 Å². The van der Waals surface area contributed by atoms with Gasteiger partial charge in [-0.2, -0.15) is 0 Å². The van der Waals surface area contributed by atoms with Crippen molar-refractivity contribution in [2.75, 3.05) is 5.75 Å². The number of carboxylic acid groups (broad SMARTS) is 1. The van der Waals surface area contributed by atoms with Gasteiger partial charge in [-0.3, -0.25) is 0 Å². The van der Waals surface area contributed by atoms with Crippen LogP contribution in [0.25, 0.3) is 0 Å². The number of rotatable bonds is 6. The molecule has 6 heteroatoms. The number of hydrogen-bond acceptors (Lipinski definition) is 5. The molecule has 0 saturated heterocycles. The predicted molar refractivity (Wildman–Crippen MR) is 84.5 cm³/mol. The number of carboxylic acids is 1. The zero-order valence-corrected chi connectivity index (χ0v) is 13.3. The highest BCUT2D eigenvalue weighted by Gasteiger charge is 2.29. The Hall–Kier alpha value is -1.40. The van der Waals surface area contributed by atoms with Gasteiger partial charge in [0, 0.05) is 16.5 Å². The van der Waals surface area contributed by atoms with E-state index in [-0.39, 0.29) is 5.56 Å². The highest BCUT2D eigenvalue weighted by Crippen LogP contribution is 2.39. The van der Waals surface area contributed by atoms with Crippen LogP contribution >= 0.6 is 23.1 Å². The molecule has 1 aliphatic carbocycles. The second-order valence-electron chi connectivity index (χ2n) is 5.10. The number of aromatic nitrogens is 2. The summed E-state index contributed by atoms with van der Waals surface area (Å²) < 4.78 is 0. The summed E-state index contributed by atoms with van der Waals surface area (Å²) in [6.07, 6.45) is 3.17. The number of aryl methyl sites for hydroxylation is 2. The van der Waals surface area contributed by atoms with Crippen molar-refractivity contribution in [3.63, 3.8) is 0 Å². The monoisotopic (exact) mass is 320 g/mol. The first kappa shape index (κ1) is 14.5. The molecule has 0 bridgehead atoms. The molecule has 2 aromatic heterocycles. The van der Waals surface area contributed by atoms with E-state index < -0.39 is 5.97 Å². The molecule has 1 aliphatic rings. The Kier molecular flexibility index (Phi) is 4.26. The molecule has 1 saturated carbocycles. The topological polar surface area (TPSA) is 63.1 Å². The van der Waals surface area contributed by atoms with Crippen molar-refractivity contribution in [1.29, 1.82) is 0 Å². The van der Waals surface area contributed by atoms with Gasteiger partial charge in [0.25, 0.3) is 0 Å². The maximum Gasteiger partial charge on any atom is 0.340 e. The van der Waals surface area contributed by atoms with Crippen molar-refractivity contribution < 1.29 is 9.90 Å². The Bertz CT molecular complexity index is 652. The normalized spacial score (nSPS) is 14.3. The van der Waals surface area contributed by atoms with Crippen LogP contribution in [0.4, 0.5) is 0 Å². The molecule has 0 atom stereocenters. The summed E-state index contributed by atoms with van der Waals surface area (Å²) in [5, 5.41) is 12.1. The molecule has 110 valence electrons. The SMILES string of the molecule is Cc1nc(C2CC2)nc(SCCc2cccs2)c1C(=O)O. The average molecular weight is 320 g/mol. The highest BCUT2D eigenvalue weighted by atomic mass is 32.2. The van der Waals surface area contributed by atoms with Gasteiger partial charge in [0.2, 0.25) is 0 Å². The van der Waals surface area contributed by atoms with E-state index >= 15 is 0 Å². The van der Waals surface area contributed by atoms with Gasteiger partial charge in [0.1, 0.15) is 16.4 Å². The van der Waals surface area contributed by atoms with Crippen LogP contribution in [0.15, 0.2) is 22.5 Å². The van der Waals surface area contributed by atoms with E-state index in [2.05, 4.69) is 21.4 Å². The van der Waals surface area contributed by atoms with E-state index in [4.69, 9.17) is 0 Å². The van der Waals surface area contributed by atoms with Crippen LogP contribution in [-0.4, -0.2) is 26.8 Å². The lowest BCUT2D eigenvalue weighted by Crippen LogP contribution is -2.09. The molecule has 0 amide bonds. The third-order valence-corrected chi connectivity index (χ3v) is 5.31. The van der Waals surface area contributed by atoms with Gasteiger partial charge in [-0.1, -0.05) is 6.07 Å². The number of thiophene rings is 1. The Morgan fingerprint density at radius 2 is 2.29 bits per heavy atom. The summed E-state index contributed by atoms with van der Waals surface area (Å²) >= 11 is 3.25. The molecule has 21 heavy (non-hydrogen) atoms. The number of nitrogens with zero attached hydrogens (tertiary/aromatic N) is 2. The number of hydrogen-bond donors (Lipinski definition) is 1. The van der Waals surface area contributed by atoms with E-state index in [9.17, 15) is 9.90 Å². The van der Waals surface area contributed by atoms with E-state index in [1.54, 1.807) is 18.3 Å². The lowest BCUT2D eigenvalue weighted by Gasteiger charge is -2.09. The van der Waals surface area contributed by atoms with Crippen LogP contribution in [0.1, 0.15) is 45.5 Å². The van der Waals surface area contributed by atoms with Crippen molar-refractivity contribution >= 4 is 29.1 Å². The second kappa shape index (κ2) is 6.15. The number of aromatic carboxylic acids is 1. The molecule has 2 heterocycles. The van der Waals surface area contributed by atoms with Crippen LogP contribution in [0.5, 0.6) is 0 Å². The summed E-state index contributed by atoms with van der Waals surface area (Å²) in [5.41, 5.74) is 0.841. The maximum atomic E-state index is 11.4. The molecule has 3 rings (SSSR count). The van der Waals surface area contributed by atoms with E-state index in [0.717, 1.165) is 30.8 Å². The van der Waals surface area contributed by atoms with Crippen LogP contribution < -0.4 is 0 Å². The third kappa shape index (κ3) is 3.44. The van der Waals surface area contributed by atoms with Crippen molar-refractivity contribution in [1.82, 2.24) is 9.97 Å². The Morgan fingerprint density at radius 3 is 2.90 bits per heavy atom. The summed E-state index contributed by atoms with van der Waals surface area (Å²) in [5.74, 6) is 1.15. The molecule has 0 spiro atoms. The molecule has 0 aromatic carbocycles. The minimum atomic E-state index is -0.937. The van der Waals surface area contributed by atoms with Crippen molar-refractivity contribution in [3.8, 4) is 0 Å². The Morgan fingerprint density at radius 1 is 1.48 bits per heavy atom. The minimum Gasteiger partial charge on any atom is -0.478 e. The summed E-state index contributed by atoms with van der Waals surface area (Å²) in [7, 11) is 0. The molecule has 2 aromatic rings. The van der Waals surface area contributed by atoms with E-state index in [1.807, 2.05) is 6.07 Å². The Balaban J connectivity index is 1.79. The summed E-state index contributed by atoms with van der Waals surface area (Å²) in [6.45, 7) is 1.76. The predicted octanol–water partition coefficient (Wildman–Crippen LogP) is 3.76.